The molecule has 1 saturated carbocycles. The predicted molar refractivity (Wildman–Crippen MR) is 125 cm³/mol. The molecule has 2 aromatic carbocycles. The summed E-state index contributed by atoms with van der Waals surface area (Å²) in [5.74, 6) is -0.548. The van der Waals surface area contributed by atoms with Gasteiger partial charge in [-0.2, -0.15) is 5.26 Å². The van der Waals surface area contributed by atoms with Gasteiger partial charge in [-0.3, -0.25) is 9.78 Å². The van der Waals surface area contributed by atoms with Crippen LogP contribution in [0.25, 0.3) is 33.4 Å². The second-order valence-electron chi connectivity index (χ2n) is 8.36. The Morgan fingerprint density at radius 1 is 1.12 bits per heavy atom. The minimum Gasteiger partial charge on any atom is -0.463 e. The fraction of sp³-hybridized carbons (Fsp3) is 0.192. The van der Waals surface area contributed by atoms with E-state index in [-0.39, 0.29) is 33.1 Å². The van der Waals surface area contributed by atoms with E-state index in [0.29, 0.717) is 29.6 Å². The van der Waals surface area contributed by atoms with Crippen molar-refractivity contribution in [1.29, 1.82) is 5.26 Å². The minimum absolute atomic E-state index is 0.00201. The Balaban J connectivity index is 1.71. The van der Waals surface area contributed by atoms with E-state index in [9.17, 15) is 22.9 Å². The van der Waals surface area contributed by atoms with Crippen LogP contribution in [0.3, 0.4) is 0 Å². The van der Waals surface area contributed by atoms with Crippen molar-refractivity contribution in [3.05, 3.63) is 82.6 Å². The number of nitrogens with zero attached hydrogens (tertiary/aromatic N) is 2. The maximum atomic E-state index is 13.5. The lowest BCUT2D eigenvalue weighted by molar-refractivity contribution is 0.596. The van der Waals surface area contributed by atoms with Gasteiger partial charge in [0, 0.05) is 6.20 Å². The SMILES string of the molecule is CCS(=O)(=O)c1cc(C2(C#N)CC2)cnc1-c1coc2ccc(-c3ccc(F)cc3)cc2c1=O. The molecule has 2 aromatic heterocycles. The van der Waals surface area contributed by atoms with Gasteiger partial charge in [-0.1, -0.05) is 25.1 Å². The highest BCUT2D eigenvalue weighted by molar-refractivity contribution is 7.91. The summed E-state index contributed by atoms with van der Waals surface area (Å²) in [5.41, 5.74) is 1.14. The molecule has 0 atom stereocenters. The van der Waals surface area contributed by atoms with Gasteiger partial charge in [0.25, 0.3) is 0 Å². The second kappa shape index (κ2) is 7.89. The molecule has 34 heavy (non-hydrogen) atoms. The molecule has 0 saturated heterocycles. The van der Waals surface area contributed by atoms with Crippen molar-refractivity contribution >= 4 is 20.8 Å². The largest absolute Gasteiger partial charge is 0.463 e. The lowest BCUT2D eigenvalue weighted by atomic mass is 9.98. The highest BCUT2D eigenvalue weighted by Crippen LogP contribution is 2.48. The molecule has 4 aromatic rings. The number of rotatable bonds is 5. The minimum atomic E-state index is -3.75. The molecule has 5 rings (SSSR count). The molecule has 1 aliphatic carbocycles. The van der Waals surface area contributed by atoms with E-state index in [4.69, 9.17) is 4.42 Å². The third-order valence-electron chi connectivity index (χ3n) is 6.29. The standard InChI is InChI=1S/C26H19FN2O4S/c1-2-34(31,32)23-12-18(26(15-28)9-10-26)13-29-24(23)21-14-33-22-8-5-17(11-20(22)25(21)30)16-3-6-19(27)7-4-16/h3-8,11-14H,2,9-10H2,1H3. The molecule has 1 aliphatic rings. The summed E-state index contributed by atoms with van der Waals surface area (Å²) >= 11 is 0. The molecule has 0 amide bonds. The molecule has 0 unspecified atom stereocenters. The molecule has 8 heteroatoms. The fourth-order valence-electron chi connectivity index (χ4n) is 4.01. The van der Waals surface area contributed by atoms with Crippen molar-refractivity contribution in [2.75, 3.05) is 5.75 Å². The first-order valence-electron chi connectivity index (χ1n) is 10.7. The molecule has 0 radical (unpaired) electrons. The van der Waals surface area contributed by atoms with Crippen molar-refractivity contribution < 1.29 is 17.2 Å². The molecule has 0 aliphatic heterocycles. The van der Waals surface area contributed by atoms with Gasteiger partial charge in [-0.15, -0.1) is 0 Å². The summed E-state index contributed by atoms with van der Waals surface area (Å²) in [6.07, 6.45) is 3.97. The number of aromatic nitrogens is 1. The Labute approximate surface area is 195 Å². The monoisotopic (exact) mass is 474 g/mol. The molecule has 6 nitrogen and oxygen atoms in total. The van der Waals surface area contributed by atoms with Crippen LogP contribution in [0.2, 0.25) is 0 Å². The van der Waals surface area contributed by atoms with E-state index in [1.807, 2.05) is 0 Å². The Kier molecular flexibility index (Phi) is 5.10. The van der Waals surface area contributed by atoms with E-state index in [2.05, 4.69) is 11.1 Å². The highest BCUT2D eigenvalue weighted by Gasteiger charge is 2.46. The summed E-state index contributed by atoms with van der Waals surface area (Å²) in [7, 11) is -3.75. The lowest BCUT2D eigenvalue weighted by Crippen LogP contribution is -2.14. The van der Waals surface area contributed by atoms with E-state index in [1.54, 1.807) is 30.3 Å². The maximum Gasteiger partial charge on any atom is 0.202 e. The van der Waals surface area contributed by atoms with Gasteiger partial charge in [-0.05, 0) is 59.9 Å². The fourth-order valence-corrected chi connectivity index (χ4v) is 5.08. The van der Waals surface area contributed by atoms with Gasteiger partial charge in [0.15, 0.2) is 9.84 Å². The van der Waals surface area contributed by atoms with E-state index in [0.717, 1.165) is 5.56 Å². The molecule has 1 fully saturated rings. The van der Waals surface area contributed by atoms with Crippen molar-refractivity contribution in [3.8, 4) is 28.5 Å². The van der Waals surface area contributed by atoms with Crippen molar-refractivity contribution in [1.82, 2.24) is 4.98 Å². The molecule has 2 heterocycles. The number of sulfone groups is 1. The second-order valence-corrected chi connectivity index (χ2v) is 10.6. The summed E-state index contributed by atoms with van der Waals surface area (Å²) in [5, 5.41) is 9.78. The molecule has 0 spiro atoms. The van der Waals surface area contributed by atoms with E-state index < -0.39 is 20.7 Å². The quantitative estimate of drug-likeness (QED) is 0.403. The Morgan fingerprint density at radius 3 is 2.47 bits per heavy atom. The van der Waals surface area contributed by atoms with Crippen LogP contribution in [0.5, 0.6) is 0 Å². The first kappa shape index (κ1) is 22.0. The first-order valence-corrected chi connectivity index (χ1v) is 12.4. The lowest BCUT2D eigenvalue weighted by Gasteiger charge is -2.13. The van der Waals surface area contributed by atoms with Gasteiger partial charge in [0.1, 0.15) is 17.7 Å². The van der Waals surface area contributed by atoms with Crippen molar-refractivity contribution in [2.24, 2.45) is 0 Å². The van der Waals surface area contributed by atoms with Crippen molar-refractivity contribution in [3.63, 3.8) is 0 Å². The third kappa shape index (κ3) is 3.58. The van der Waals surface area contributed by atoms with Crippen LogP contribution >= 0.6 is 0 Å². The van der Waals surface area contributed by atoms with Crippen LogP contribution in [0, 0.1) is 17.1 Å². The molecule has 0 N–H and O–H groups in total. The Bertz CT molecular complexity index is 1650. The van der Waals surface area contributed by atoms with Gasteiger partial charge in [0.05, 0.1) is 38.8 Å². The molecular formula is C26H19FN2O4S. The summed E-state index contributed by atoms with van der Waals surface area (Å²) in [4.78, 5) is 17.7. The van der Waals surface area contributed by atoms with Gasteiger partial charge < -0.3 is 4.42 Å². The van der Waals surface area contributed by atoms with Crippen LogP contribution in [0.15, 0.2) is 75.1 Å². The number of fused-ring (bicyclic) bond motifs is 1. The van der Waals surface area contributed by atoms with Gasteiger partial charge in [-0.25, -0.2) is 12.8 Å². The molecule has 170 valence electrons. The Hall–Kier alpha value is -3.83. The summed E-state index contributed by atoms with van der Waals surface area (Å²) in [6.45, 7) is 1.51. The first-order chi connectivity index (χ1) is 16.3. The topological polar surface area (TPSA) is 101 Å². The number of halogens is 1. The average molecular weight is 475 g/mol. The average Bonchev–Trinajstić information content (AvgIpc) is 3.66. The molecule has 0 bridgehead atoms. The normalized spacial score (nSPS) is 14.6. The number of hydrogen-bond acceptors (Lipinski definition) is 6. The maximum absolute atomic E-state index is 13.5. The van der Waals surface area contributed by atoms with E-state index in [1.165, 1.54) is 37.6 Å². The van der Waals surface area contributed by atoms with Gasteiger partial charge >= 0.3 is 0 Å². The van der Waals surface area contributed by atoms with Crippen LogP contribution in [0.4, 0.5) is 4.39 Å². The summed E-state index contributed by atoms with van der Waals surface area (Å²) in [6, 6.07) is 14.6. The predicted octanol–water partition coefficient (Wildman–Crippen LogP) is 5.01. The van der Waals surface area contributed by atoms with Crippen LogP contribution < -0.4 is 5.43 Å². The van der Waals surface area contributed by atoms with E-state index >= 15 is 0 Å². The smallest absolute Gasteiger partial charge is 0.202 e. The number of hydrogen-bond donors (Lipinski definition) is 0. The van der Waals surface area contributed by atoms with Crippen LogP contribution in [-0.2, 0) is 15.3 Å². The number of benzene rings is 2. The van der Waals surface area contributed by atoms with Crippen LogP contribution in [0.1, 0.15) is 25.3 Å². The molecular weight excluding hydrogens is 455 g/mol. The number of pyridine rings is 1. The third-order valence-corrected chi connectivity index (χ3v) is 8.03. The number of nitriles is 1. The van der Waals surface area contributed by atoms with Crippen LogP contribution in [-0.4, -0.2) is 19.2 Å². The highest BCUT2D eigenvalue weighted by atomic mass is 32.2. The zero-order valence-corrected chi connectivity index (χ0v) is 19.0. The van der Waals surface area contributed by atoms with Gasteiger partial charge in [0.2, 0.25) is 5.43 Å². The zero-order valence-electron chi connectivity index (χ0n) is 18.2. The van der Waals surface area contributed by atoms with Crippen molar-refractivity contribution in [2.45, 2.75) is 30.1 Å². The summed E-state index contributed by atoms with van der Waals surface area (Å²) < 4.78 is 44.9. The Morgan fingerprint density at radius 2 is 1.82 bits per heavy atom. The zero-order chi connectivity index (χ0) is 24.1.